The Bertz CT molecular complexity index is 932. The van der Waals surface area contributed by atoms with Crippen LogP contribution in [0.5, 0.6) is 5.75 Å². The minimum absolute atomic E-state index is 0.224. The molecule has 1 amide bonds. The van der Waals surface area contributed by atoms with Crippen molar-refractivity contribution in [2.45, 2.75) is 0 Å². The summed E-state index contributed by atoms with van der Waals surface area (Å²) in [6.07, 6.45) is 1.57. The Kier molecular flexibility index (Phi) is 5.34. The number of amides is 1. The normalized spacial score (nSPS) is 10.3. The molecule has 0 saturated heterocycles. The summed E-state index contributed by atoms with van der Waals surface area (Å²) in [5.74, 6) is 0.0475. The molecule has 0 fully saturated rings. The number of ether oxygens (including phenoxy) is 1. The van der Waals surface area contributed by atoms with Crippen LogP contribution in [0, 0.1) is 5.82 Å². The SMILES string of the molecule is COc1ccc(Nc2ccc(NC(=O)c3cccc(F)c3)nc2)cc1Cl. The maximum Gasteiger partial charge on any atom is 0.256 e. The summed E-state index contributed by atoms with van der Waals surface area (Å²) in [5, 5.41) is 6.26. The van der Waals surface area contributed by atoms with Crippen LogP contribution in [0.3, 0.4) is 0 Å². The van der Waals surface area contributed by atoms with Gasteiger partial charge < -0.3 is 15.4 Å². The summed E-state index contributed by atoms with van der Waals surface area (Å²) in [7, 11) is 1.55. The Morgan fingerprint density at radius 2 is 1.92 bits per heavy atom. The second-order valence-electron chi connectivity index (χ2n) is 5.37. The van der Waals surface area contributed by atoms with Gasteiger partial charge in [-0.3, -0.25) is 4.79 Å². The Labute approximate surface area is 154 Å². The van der Waals surface area contributed by atoms with Gasteiger partial charge in [0.2, 0.25) is 0 Å². The quantitative estimate of drug-likeness (QED) is 0.671. The van der Waals surface area contributed by atoms with Gasteiger partial charge in [-0.15, -0.1) is 0 Å². The number of rotatable bonds is 5. The van der Waals surface area contributed by atoms with Gasteiger partial charge in [0.25, 0.3) is 5.91 Å². The van der Waals surface area contributed by atoms with Gasteiger partial charge >= 0.3 is 0 Å². The van der Waals surface area contributed by atoms with E-state index in [-0.39, 0.29) is 5.56 Å². The molecule has 7 heteroatoms. The van der Waals surface area contributed by atoms with E-state index in [9.17, 15) is 9.18 Å². The minimum atomic E-state index is -0.469. The first-order valence-corrected chi connectivity index (χ1v) is 8.06. The second kappa shape index (κ2) is 7.84. The van der Waals surface area contributed by atoms with Crippen LogP contribution in [0.4, 0.5) is 21.6 Å². The fourth-order valence-electron chi connectivity index (χ4n) is 2.27. The molecule has 0 saturated carbocycles. The lowest BCUT2D eigenvalue weighted by Gasteiger charge is -2.10. The summed E-state index contributed by atoms with van der Waals surface area (Å²) in [5.41, 5.74) is 1.71. The topological polar surface area (TPSA) is 63.2 Å². The molecule has 0 aliphatic rings. The molecule has 1 aromatic heterocycles. The van der Waals surface area contributed by atoms with Gasteiger partial charge in [-0.2, -0.15) is 0 Å². The third kappa shape index (κ3) is 4.29. The van der Waals surface area contributed by atoms with Gasteiger partial charge in [0.05, 0.1) is 24.0 Å². The first-order valence-electron chi connectivity index (χ1n) is 7.69. The highest BCUT2D eigenvalue weighted by atomic mass is 35.5. The maximum atomic E-state index is 13.2. The molecule has 3 rings (SSSR count). The average Bonchev–Trinajstić information content (AvgIpc) is 2.63. The van der Waals surface area contributed by atoms with Crippen LogP contribution in [0.1, 0.15) is 10.4 Å². The molecule has 5 nitrogen and oxygen atoms in total. The molecule has 0 bridgehead atoms. The molecule has 3 aromatic rings. The fourth-order valence-corrected chi connectivity index (χ4v) is 2.53. The summed E-state index contributed by atoms with van der Waals surface area (Å²) >= 11 is 6.09. The van der Waals surface area contributed by atoms with Crippen LogP contribution in [0.15, 0.2) is 60.8 Å². The fraction of sp³-hybridized carbons (Fsp3) is 0.0526. The van der Waals surface area contributed by atoms with Gasteiger partial charge in [-0.1, -0.05) is 17.7 Å². The summed E-state index contributed by atoms with van der Waals surface area (Å²) in [6.45, 7) is 0. The number of carbonyl (C=O) groups excluding carboxylic acids is 1. The molecule has 2 N–H and O–H groups in total. The number of nitrogens with one attached hydrogen (secondary N) is 2. The lowest BCUT2D eigenvalue weighted by molar-refractivity contribution is 0.102. The molecule has 26 heavy (non-hydrogen) atoms. The average molecular weight is 372 g/mol. The zero-order valence-corrected chi connectivity index (χ0v) is 14.5. The van der Waals surface area contributed by atoms with Crippen LogP contribution in [-0.4, -0.2) is 18.0 Å². The van der Waals surface area contributed by atoms with Crippen molar-refractivity contribution in [2.24, 2.45) is 0 Å². The Morgan fingerprint density at radius 3 is 2.58 bits per heavy atom. The van der Waals surface area contributed by atoms with E-state index in [1.54, 1.807) is 37.6 Å². The van der Waals surface area contributed by atoms with Crippen molar-refractivity contribution in [3.05, 3.63) is 77.2 Å². The number of methoxy groups -OCH3 is 1. The van der Waals surface area contributed by atoms with Crippen LogP contribution >= 0.6 is 11.6 Å². The van der Waals surface area contributed by atoms with Crippen LogP contribution < -0.4 is 15.4 Å². The van der Waals surface area contributed by atoms with E-state index < -0.39 is 11.7 Å². The molecule has 2 aromatic carbocycles. The Balaban J connectivity index is 1.66. The lowest BCUT2D eigenvalue weighted by Crippen LogP contribution is -2.13. The zero-order chi connectivity index (χ0) is 18.5. The van der Waals surface area contributed by atoms with Crippen LogP contribution in [0.25, 0.3) is 0 Å². The third-order valence-corrected chi connectivity index (χ3v) is 3.83. The molecule has 1 heterocycles. The monoisotopic (exact) mass is 371 g/mol. The summed E-state index contributed by atoms with van der Waals surface area (Å²) in [4.78, 5) is 16.3. The number of halogens is 2. The predicted octanol–water partition coefficient (Wildman–Crippen LogP) is 4.88. The molecule has 0 radical (unpaired) electrons. The van der Waals surface area contributed by atoms with Gasteiger partial charge in [0.1, 0.15) is 17.4 Å². The van der Waals surface area contributed by atoms with E-state index in [1.807, 2.05) is 6.07 Å². The van der Waals surface area contributed by atoms with Crippen LogP contribution in [0.2, 0.25) is 5.02 Å². The highest BCUT2D eigenvalue weighted by molar-refractivity contribution is 6.32. The van der Waals surface area contributed by atoms with E-state index in [1.165, 1.54) is 24.3 Å². The minimum Gasteiger partial charge on any atom is -0.495 e. The highest BCUT2D eigenvalue weighted by Crippen LogP contribution is 2.28. The van der Waals surface area contributed by atoms with E-state index in [0.29, 0.717) is 16.6 Å². The van der Waals surface area contributed by atoms with Crippen molar-refractivity contribution in [2.75, 3.05) is 17.7 Å². The zero-order valence-electron chi connectivity index (χ0n) is 13.8. The van der Waals surface area contributed by atoms with Gasteiger partial charge in [-0.05, 0) is 48.5 Å². The van der Waals surface area contributed by atoms with E-state index in [0.717, 1.165) is 11.4 Å². The maximum absolute atomic E-state index is 13.2. The number of benzene rings is 2. The molecule has 0 atom stereocenters. The second-order valence-corrected chi connectivity index (χ2v) is 5.78. The van der Waals surface area contributed by atoms with Crippen molar-refractivity contribution in [1.29, 1.82) is 0 Å². The molecule has 132 valence electrons. The number of pyridine rings is 1. The molecular weight excluding hydrogens is 357 g/mol. The first-order chi connectivity index (χ1) is 12.5. The molecule has 0 unspecified atom stereocenters. The Morgan fingerprint density at radius 1 is 1.12 bits per heavy atom. The molecule has 0 aliphatic heterocycles. The number of hydrogen-bond acceptors (Lipinski definition) is 4. The largest absolute Gasteiger partial charge is 0.495 e. The summed E-state index contributed by atoms with van der Waals surface area (Å²) in [6, 6.07) is 14.2. The van der Waals surface area contributed by atoms with Crippen molar-refractivity contribution in [1.82, 2.24) is 4.98 Å². The summed E-state index contributed by atoms with van der Waals surface area (Å²) < 4.78 is 18.3. The van der Waals surface area contributed by atoms with E-state index in [4.69, 9.17) is 16.3 Å². The number of hydrogen-bond donors (Lipinski definition) is 2. The Hall–Kier alpha value is -3.12. The number of carbonyl (C=O) groups is 1. The van der Waals surface area contributed by atoms with Crippen molar-refractivity contribution in [3.63, 3.8) is 0 Å². The molecular formula is C19H15ClFN3O2. The van der Waals surface area contributed by atoms with E-state index in [2.05, 4.69) is 15.6 Å². The van der Waals surface area contributed by atoms with E-state index >= 15 is 0 Å². The highest BCUT2D eigenvalue weighted by Gasteiger charge is 2.08. The van der Waals surface area contributed by atoms with Crippen molar-refractivity contribution >= 4 is 34.7 Å². The van der Waals surface area contributed by atoms with Gasteiger partial charge in [-0.25, -0.2) is 9.37 Å². The first kappa shape index (κ1) is 17.7. The molecule has 0 aliphatic carbocycles. The number of nitrogens with zero attached hydrogens (tertiary/aromatic N) is 1. The molecule has 0 spiro atoms. The van der Waals surface area contributed by atoms with Crippen LogP contribution in [-0.2, 0) is 0 Å². The number of anilines is 3. The number of aromatic nitrogens is 1. The standard InChI is InChI=1S/C19H15ClFN3O2/c1-26-17-7-5-14(10-16(17)20)23-15-6-8-18(22-11-15)24-19(25)12-3-2-4-13(21)9-12/h2-11,23H,1H3,(H,22,24,25). The smallest absolute Gasteiger partial charge is 0.256 e. The van der Waals surface area contributed by atoms with Gasteiger partial charge in [0, 0.05) is 11.3 Å². The van der Waals surface area contributed by atoms with Gasteiger partial charge in [0.15, 0.2) is 0 Å². The predicted molar refractivity (Wildman–Crippen MR) is 99.9 cm³/mol. The lowest BCUT2D eigenvalue weighted by atomic mass is 10.2. The van der Waals surface area contributed by atoms with Crippen molar-refractivity contribution in [3.8, 4) is 5.75 Å². The van der Waals surface area contributed by atoms with Crippen molar-refractivity contribution < 1.29 is 13.9 Å². The third-order valence-electron chi connectivity index (χ3n) is 3.53.